The molecule has 0 saturated heterocycles. The highest BCUT2D eigenvalue weighted by Crippen LogP contribution is 2.31. The van der Waals surface area contributed by atoms with Crippen LogP contribution >= 0.6 is 34.5 Å². The molecular formula is C8H7ClN2S2. The monoisotopic (exact) mass is 230 g/mol. The molecule has 0 amide bonds. The SMILES string of the molecule is NCc1cc(-c2ccc(Cl)s2)ns1. The number of hydrogen-bond acceptors (Lipinski definition) is 4. The second-order valence-electron chi connectivity index (χ2n) is 2.49. The third kappa shape index (κ3) is 1.91. The first-order valence-corrected chi connectivity index (χ1v) is 5.68. The lowest BCUT2D eigenvalue weighted by molar-refractivity contribution is 1.11. The van der Waals surface area contributed by atoms with Crippen molar-refractivity contribution in [3.05, 3.63) is 27.4 Å². The van der Waals surface area contributed by atoms with E-state index in [1.807, 2.05) is 18.2 Å². The Kier molecular flexibility index (Phi) is 2.64. The van der Waals surface area contributed by atoms with Crippen LogP contribution in [0.4, 0.5) is 0 Å². The van der Waals surface area contributed by atoms with Gasteiger partial charge in [0.1, 0.15) is 0 Å². The number of aromatic nitrogens is 1. The van der Waals surface area contributed by atoms with Crippen LogP contribution in [0.15, 0.2) is 18.2 Å². The predicted octanol–water partition coefficient (Wildman–Crippen LogP) is 2.98. The van der Waals surface area contributed by atoms with E-state index in [1.165, 1.54) is 22.9 Å². The first kappa shape index (κ1) is 9.15. The van der Waals surface area contributed by atoms with Crippen LogP contribution in [0.5, 0.6) is 0 Å². The van der Waals surface area contributed by atoms with Crippen molar-refractivity contribution in [1.29, 1.82) is 0 Å². The van der Waals surface area contributed by atoms with Gasteiger partial charge in [0.25, 0.3) is 0 Å². The van der Waals surface area contributed by atoms with Crippen molar-refractivity contribution < 1.29 is 0 Å². The van der Waals surface area contributed by atoms with Gasteiger partial charge in [-0.2, -0.15) is 4.37 Å². The van der Waals surface area contributed by atoms with Gasteiger partial charge < -0.3 is 5.73 Å². The Morgan fingerprint density at radius 1 is 1.46 bits per heavy atom. The molecule has 13 heavy (non-hydrogen) atoms. The molecule has 0 aliphatic carbocycles. The molecule has 0 radical (unpaired) electrons. The summed E-state index contributed by atoms with van der Waals surface area (Å²) in [6, 6.07) is 5.86. The summed E-state index contributed by atoms with van der Waals surface area (Å²) in [4.78, 5) is 2.19. The zero-order valence-corrected chi connectivity index (χ0v) is 9.05. The minimum Gasteiger partial charge on any atom is -0.326 e. The maximum absolute atomic E-state index is 5.82. The highest BCUT2D eigenvalue weighted by molar-refractivity contribution is 7.19. The Balaban J connectivity index is 2.35. The molecular weight excluding hydrogens is 224 g/mol. The molecule has 2 N–H and O–H groups in total. The molecule has 2 nitrogen and oxygen atoms in total. The lowest BCUT2D eigenvalue weighted by Gasteiger charge is -1.85. The van der Waals surface area contributed by atoms with E-state index in [1.54, 1.807) is 0 Å². The summed E-state index contributed by atoms with van der Waals surface area (Å²) in [5.74, 6) is 0. The van der Waals surface area contributed by atoms with Crippen molar-refractivity contribution >= 4 is 34.5 Å². The summed E-state index contributed by atoms with van der Waals surface area (Å²) in [6.07, 6.45) is 0. The van der Waals surface area contributed by atoms with Gasteiger partial charge in [-0.05, 0) is 29.7 Å². The fourth-order valence-corrected chi connectivity index (χ4v) is 2.64. The third-order valence-electron chi connectivity index (χ3n) is 1.59. The zero-order valence-electron chi connectivity index (χ0n) is 6.66. The smallest absolute Gasteiger partial charge is 0.0944 e. The van der Waals surface area contributed by atoms with Crippen LogP contribution < -0.4 is 5.73 Å². The number of thiophene rings is 1. The van der Waals surface area contributed by atoms with Crippen LogP contribution in [0, 0.1) is 0 Å². The van der Waals surface area contributed by atoms with Crippen LogP contribution in [0.25, 0.3) is 10.6 Å². The lowest BCUT2D eigenvalue weighted by atomic mass is 10.3. The minimum absolute atomic E-state index is 0.552. The maximum Gasteiger partial charge on any atom is 0.0944 e. The summed E-state index contributed by atoms with van der Waals surface area (Å²) in [6.45, 7) is 0.552. The number of halogens is 1. The zero-order chi connectivity index (χ0) is 9.26. The van der Waals surface area contributed by atoms with Crippen molar-refractivity contribution in [2.24, 2.45) is 5.73 Å². The molecule has 2 aromatic heterocycles. The fraction of sp³-hybridized carbons (Fsp3) is 0.125. The highest BCUT2D eigenvalue weighted by atomic mass is 35.5. The van der Waals surface area contributed by atoms with Gasteiger partial charge in [-0.1, -0.05) is 11.6 Å². The average molecular weight is 231 g/mol. The molecule has 0 fully saturated rings. The van der Waals surface area contributed by atoms with E-state index < -0.39 is 0 Å². The van der Waals surface area contributed by atoms with Crippen LogP contribution in [0.2, 0.25) is 4.34 Å². The van der Waals surface area contributed by atoms with Gasteiger partial charge >= 0.3 is 0 Å². The summed E-state index contributed by atoms with van der Waals surface area (Å²) in [5, 5.41) is 0. The highest BCUT2D eigenvalue weighted by Gasteiger charge is 2.05. The average Bonchev–Trinajstić information content (AvgIpc) is 2.71. The number of rotatable bonds is 2. The molecule has 0 aliphatic heterocycles. The third-order valence-corrected chi connectivity index (χ3v) is 3.65. The molecule has 0 atom stereocenters. The summed E-state index contributed by atoms with van der Waals surface area (Å²) >= 11 is 8.80. The summed E-state index contributed by atoms with van der Waals surface area (Å²) in [7, 11) is 0. The van der Waals surface area contributed by atoms with Crippen LogP contribution in [-0.4, -0.2) is 4.37 Å². The van der Waals surface area contributed by atoms with Gasteiger partial charge in [-0.3, -0.25) is 0 Å². The molecule has 2 aromatic rings. The van der Waals surface area contributed by atoms with Crippen molar-refractivity contribution in [3.8, 4) is 10.6 Å². The Labute approximate surface area is 89.1 Å². The quantitative estimate of drug-likeness (QED) is 0.862. The molecule has 0 aromatic carbocycles. The number of hydrogen-bond donors (Lipinski definition) is 1. The first-order valence-electron chi connectivity index (χ1n) is 3.71. The van der Waals surface area contributed by atoms with Crippen molar-refractivity contribution in [1.82, 2.24) is 4.37 Å². The summed E-state index contributed by atoms with van der Waals surface area (Å²) in [5.41, 5.74) is 6.47. The van der Waals surface area contributed by atoms with Gasteiger partial charge in [0.2, 0.25) is 0 Å². The summed E-state index contributed by atoms with van der Waals surface area (Å²) < 4.78 is 5.07. The molecule has 0 unspecified atom stereocenters. The number of nitrogens with two attached hydrogens (primary N) is 1. The van der Waals surface area contributed by atoms with Gasteiger partial charge in [0.05, 0.1) is 14.9 Å². The minimum atomic E-state index is 0.552. The number of nitrogens with zero attached hydrogens (tertiary/aromatic N) is 1. The van der Waals surface area contributed by atoms with E-state index in [-0.39, 0.29) is 0 Å². The second-order valence-corrected chi connectivity index (χ2v) is 5.09. The standard InChI is InChI=1S/C8H7ClN2S2/c9-8-2-1-7(12-8)6-3-5(4-10)13-11-6/h1-3H,4,10H2. The molecule has 0 bridgehead atoms. The van der Waals surface area contributed by atoms with Gasteiger partial charge in [0.15, 0.2) is 0 Å². The topological polar surface area (TPSA) is 38.9 Å². The first-order chi connectivity index (χ1) is 6.29. The Morgan fingerprint density at radius 3 is 2.85 bits per heavy atom. The van der Waals surface area contributed by atoms with Gasteiger partial charge in [-0.25, -0.2) is 0 Å². The largest absolute Gasteiger partial charge is 0.326 e. The molecule has 2 heterocycles. The van der Waals surface area contributed by atoms with E-state index >= 15 is 0 Å². The Morgan fingerprint density at radius 2 is 2.31 bits per heavy atom. The van der Waals surface area contributed by atoms with Crippen molar-refractivity contribution in [3.63, 3.8) is 0 Å². The Hall–Kier alpha value is -0.420. The molecule has 5 heteroatoms. The maximum atomic E-state index is 5.82. The Bertz CT molecular complexity index is 408. The van der Waals surface area contributed by atoms with E-state index in [2.05, 4.69) is 4.37 Å². The molecule has 0 spiro atoms. The predicted molar refractivity (Wildman–Crippen MR) is 58.3 cm³/mol. The lowest BCUT2D eigenvalue weighted by Crippen LogP contribution is -1.91. The van der Waals surface area contributed by atoms with Gasteiger partial charge in [-0.15, -0.1) is 11.3 Å². The molecule has 68 valence electrons. The van der Waals surface area contributed by atoms with E-state index in [4.69, 9.17) is 17.3 Å². The van der Waals surface area contributed by atoms with Crippen LogP contribution in [0.3, 0.4) is 0 Å². The second kappa shape index (κ2) is 3.75. The van der Waals surface area contributed by atoms with E-state index in [0.29, 0.717) is 6.54 Å². The molecule has 2 rings (SSSR count). The van der Waals surface area contributed by atoms with Crippen molar-refractivity contribution in [2.75, 3.05) is 0 Å². The van der Waals surface area contributed by atoms with Crippen molar-refractivity contribution in [2.45, 2.75) is 6.54 Å². The van der Waals surface area contributed by atoms with E-state index in [9.17, 15) is 0 Å². The van der Waals surface area contributed by atoms with Crippen LogP contribution in [0.1, 0.15) is 4.88 Å². The normalized spacial score (nSPS) is 10.6. The van der Waals surface area contributed by atoms with Gasteiger partial charge in [0, 0.05) is 11.4 Å². The fourth-order valence-electron chi connectivity index (χ4n) is 0.977. The molecule has 0 saturated carbocycles. The molecule has 0 aliphatic rings. The van der Waals surface area contributed by atoms with E-state index in [0.717, 1.165) is 19.8 Å². The van der Waals surface area contributed by atoms with Crippen LogP contribution in [-0.2, 0) is 6.54 Å².